The first-order valence-electron chi connectivity index (χ1n) is 5.04. The molecule has 1 rings (SSSR count). The fourth-order valence-electron chi connectivity index (χ4n) is 1.17. The van der Waals surface area contributed by atoms with Gasteiger partial charge in [0.15, 0.2) is 0 Å². The Morgan fingerprint density at radius 1 is 1.50 bits per heavy atom. The number of thioether (sulfide) groups is 1. The summed E-state index contributed by atoms with van der Waals surface area (Å²) in [7, 11) is 0. The van der Waals surface area contributed by atoms with Crippen molar-refractivity contribution in [2.24, 2.45) is 0 Å². The maximum atomic E-state index is 11.3. The lowest BCUT2D eigenvalue weighted by atomic mass is 10.4. The molecule has 0 aliphatic rings. The second kappa shape index (κ2) is 7.11. The average Bonchev–Trinajstić information content (AvgIpc) is 2.28. The van der Waals surface area contributed by atoms with Crippen LogP contribution in [0.5, 0.6) is 0 Å². The van der Waals surface area contributed by atoms with Crippen molar-refractivity contribution in [1.29, 1.82) is 0 Å². The van der Waals surface area contributed by atoms with Gasteiger partial charge >= 0.3 is 5.97 Å². The molecule has 88 valence electrons. The van der Waals surface area contributed by atoms with E-state index in [0.717, 1.165) is 5.75 Å². The second-order valence-corrected chi connectivity index (χ2v) is 4.18. The minimum absolute atomic E-state index is 0.0978. The highest BCUT2D eigenvalue weighted by Crippen LogP contribution is 1.95. The van der Waals surface area contributed by atoms with Gasteiger partial charge in [0.25, 0.3) is 5.56 Å². The van der Waals surface area contributed by atoms with E-state index in [-0.39, 0.29) is 17.9 Å². The summed E-state index contributed by atoms with van der Waals surface area (Å²) in [4.78, 5) is 22.6. The molecule has 0 radical (unpaired) electrons. The number of hydrogen-bond donors (Lipinski definition) is 0. The smallest absolute Gasteiger partial charge is 0.307 e. The maximum Gasteiger partial charge on any atom is 0.307 e. The predicted molar refractivity (Wildman–Crippen MR) is 64.7 cm³/mol. The molecule has 0 spiro atoms. The van der Waals surface area contributed by atoms with Crippen LogP contribution >= 0.6 is 11.8 Å². The molecule has 0 aromatic carbocycles. The zero-order valence-corrected chi connectivity index (χ0v) is 10.0. The normalized spacial score (nSPS) is 10.1. The largest absolute Gasteiger partial charge is 0.465 e. The number of rotatable bonds is 6. The Morgan fingerprint density at radius 2 is 2.31 bits per heavy atom. The van der Waals surface area contributed by atoms with Crippen molar-refractivity contribution >= 4 is 17.7 Å². The van der Waals surface area contributed by atoms with Crippen molar-refractivity contribution in [2.75, 3.05) is 18.6 Å². The summed E-state index contributed by atoms with van der Waals surface area (Å²) in [5, 5.41) is 0. The van der Waals surface area contributed by atoms with E-state index in [0.29, 0.717) is 13.2 Å². The number of hydrogen-bond acceptors (Lipinski definition) is 4. The van der Waals surface area contributed by atoms with Gasteiger partial charge in [0, 0.05) is 24.6 Å². The summed E-state index contributed by atoms with van der Waals surface area (Å²) >= 11 is 1.63. The molecule has 0 amide bonds. The lowest BCUT2D eigenvalue weighted by Gasteiger charge is -2.05. The molecule has 5 heteroatoms. The van der Waals surface area contributed by atoms with Crippen LogP contribution in [0.2, 0.25) is 0 Å². The summed E-state index contributed by atoms with van der Waals surface area (Å²) in [5.74, 6) is 0.543. The van der Waals surface area contributed by atoms with Crippen LogP contribution in [-0.2, 0) is 16.1 Å². The van der Waals surface area contributed by atoms with Crippen LogP contribution in [0.15, 0.2) is 29.2 Å². The Hall–Kier alpha value is -1.23. The molecule has 0 saturated heterocycles. The van der Waals surface area contributed by atoms with Crippen LogP contribution in [-0.4, -0.2) is 29.2 Å². The number of carbonyl (C=O) groups is 1. The fourth-order valence-corrected chi connectivity index (χ4v) is 1.42. The SMILES string of the molecule is CSCCOC(=O)CCn1ccccc1=O. The molecular formula is C11H15NO3S. The van der Waals surface area contributed by atoms with Crippen molar-refractivity contribution in [2.45, 2.75) is 13.0 Å². The van der Waals surface area contributed by atoms with Gasteiger partial charge in [-0.05, 0) is 12.3 Å². The van der Waals surface area contributed by atoms with Crippen LogP contribution < -0.4 is 5.56 Å². The Kier molecular flexibility index (Phi) is 5.71. The minimum Gasteiger partial charge on any atom is -0.465 e. The molecule has 1 aromatic heterocycles. The zero-order valence-electron chi connectivity index (χ0n) is 9.22. The number of aromatic nitrogens is 1. The van der Waals surface area contributed by atoms with Gasteiger partial charge in [-0.15, -0.1) is 0 Å². The molecule has 0 unspecified atom stereocenters. The lowest BCUT2D eigenvalue weighted by molar-refractivity contribution is -0.143. The topological polar surface area (TPSA) is 48.3 Å². The molecule has 0 fully saturated rings. The van der Waals surface area contributed by atoms with E-state index in [1.807, 2.05) is 6.26 Å². The van der Waals surface area contributed by atoms with E-state index in [1.54, 1.807) is 30.1 Å². The van der Waals surface area contributed by atoms with Gasteiger partial charge in [-0.2, -0.15) is 11.8 Å². The molecule has 1 heterocycles. The van der Waals surface area contributed by atoms with Crippen molar-refractivity contribution in [3.8, 4) is 0 Å². The van der Waals surface area contributed by atoms with Crippen LogP contribution in [0.4, 0.5) is 0 Å². The van der Waals surface area contributed by atoms with E-state index >= 15 is 0 Å². The third-order valence-corrected chi connectivity index (χ3v) is 2.58. The first-order valence-corrected chi connectivity index (χ1v) is 6.43. The van der Waals surface area contributed by atoms with Gasteiger partial charge in [-0.1, -0.05) is 6.07 Å². The number of pyridine rings is 1. The van der Waals surface area contributed by atoms with Crippen LogP contribution in [0.3, 0.4) is 0 Å². The summed E-state index contributed by atoms with van der Waals surface area (Å²) in [5.41, 5.74) is -0.0978. The molecule has 0 aliphatic carbocycles. The number of nitrogens with zero attached hydrogens (tertiary/aromatic N) is 1. The van der Waals surface area contributed by atoms with Crippen molar-refractivity contribution in [3.63, 3.8) is 0 Å². The monoisotopic (exact) mass is 241 g/mol. The van der Waals surface area contributed by atoms with E-state index < -0.39 is 0 Å². The zero-order chi connectivity index (χ0) is 11.8. The van der Waals surface area contributed by atoms with Gasteiger partial charge in [0.05, 0.1) is 6.42 Å². The molecule has 0 bridgehead atoms. The molecule has 0 atom stereocenters. The third-order valence-electron chi connectivity index (χ3n) is 2.01. The summed E-state index contributed by atoms with van der Waals surface area (Å²) in [6.07, 6.45) is 3.85. The molecular weight excluding hydrogens is 226 g/mol. The highest BCUT2D eigenvalue weighted by Gasteiger charge is 2.03. The van der Waals surface area contributed by atoms with Crippen molar-refractivity contribution < 1.29 is 9.53 Å². The van der Waals surface area contributed by atoms with E-state index in [9.17, 15) is 9.59 Å². The third kappa shape index (κ3) is 4.53. The number of ether oxygens (including phenoxy) is 1. The van der Waals surface area contributed by atoms with Crippen molar-refractivity contribution in [3.05, 3.63) is 34.7 Å². The Morgan fingerprint density at radius 3 is 3.00 bits per heavy atom. The van der Waals surface area contributed by atoms with Crippen molar-refractivity contribution in [1.82, 2.24) is 4.57 Å². The Bertz CT molecular complexity index is 389. The minimum atomic E-state index is -0.259. The highest BCUT2D eigenvalue weighted by molar-refractivity contribution is 7.98. The molecule has 1 aromatic rings. The Labute approximate surface area is 98.6 Å². The summed E-state index contributed by atoms with van der Waals surface area (Å²) < 4.78 is 6.46. The molecule has 0 aliphatic heterocycles. The number of esters is 1. The molecule has 0 saturated carbocycles. The summed E-state index contributed by atoms with van der Waals surface area (Å²) in [6.45, 7) is 0.807. The Balaban J connectivity index is 2.32. The van der Waals surface area contributed by atoms with E-state index in [2.05, 4.69) is 0 Å². The first-order chi connectivity index (χ1) is 7.74. The average molecular weight is 241 g/mol. The highest BCUT2D eigenvalue weighted by atomic mass is 32.2. The van der Waals surface area contributed by atoms with Gasteiger partial charge in [0.1, 0.15) is 6.61 Å². The van der Waals surface area contributed by atoms with E-state index in [4.69, 9.17) is 4.74 Å². The van der Waals surface area contributed by atoms with Crippen LogP contribution in [0, 0.1) is 0 Å². The van der Waals surface area contributed by atoms with Gasteiger partial charge in [0.2, 0.25) is 0 Å². The van der Waals surface area contributed by atoms with Gasteiger partial charge in [-0.25, -0.2) is 0 Å². The summed E-state index contributed by atoms with van der Waals surface area (Å²) in [6, 6.07) is 4.91. The lowest BCUT2D eigenvalue weighted by Crippen LogP contribution is -2.20. The van der Waals surface area contributed by atoms with Crippen LogP contribution in [0.1, 0.15) is 6.42 Å². The maximum absolute atomic E-state index is 11.3. The first kappa shape index (κ1) is 12.8. The fraction of sp³-hybridized carbons (Fsp3) is 0.455. The van der Waals surface area contributed by atoms with Crippen LogP contribution in [0.25, 0.3) is 0 Å². The van der Waals surface area contributed by atoms with E-state index in [1.165, 1.54) is 10.6 Å². The predicted octanol–water partition coefficient (Wildman–Crippen LogP) is 1.14. The number of carbonyl (C=O) groups excluding carboxylic acids is 1. The molecule has 4 nitrogen and oxygen atoms in total. The number of aryl methyl sites for hydroxylation is 1. The second-order valence-electron chi connectivity index (χ2n) is 3.20. The van der Waals surface area contributed by atoms with Gasteiger partial charge in [-0.3, -0.25) is 9.59 Å². The quantitative estimate of drug-likeness (QED) is 0.553. The standard InChI is InChI=1S/C11H15NO3S/c1-16-9-8-15-11(14)5-7-12-6-3-2-4-10(12)13/h2-4,6H,5,7-9H2,1H3. The van der Waals surface area contributed by atoms with Gasteiger partial charge < -0.3 is 9.30 Å². The molecule has 0 N–H and O–H groups in total. The molecule has 16 heavy (non-hydrogen) atoms.